The minimum absolute atomic E-state index is 0.780. The summed E-state index contributed by atoms with van der Waals surface area (Å²) in [5, 5.41) is 0. The molecule has 0 atom stereocenters. The molecule has 0 saturated heterocycles. The molecule has 0 aromatic heterocycles. The van der Waals surface area contributed by atoms with Crippen LogP contribution in [0.25, 0.3) is 8.96 Å². The molecule has 2 rings (SSSR count). The molecule has 0 unspecified atom stereocenters. The lowest BCUT2D eigenvalue weighted by Crippen LogP contribution is -1.91. The summed E-state index contributed by atoms with van der Waals surface area (Å²) < 4.78 is 7.95. The van der Waals surface area contributed by atoms with Gasteiger partial charge in [-0.15, -0.1) is 0 Å². The largest absolute Gasteiger partial charge is 0.456 e. The van der Waals surface area contributed by atoms with E-state index in [9.17, 15) is 0 Å². The lowest BCUT2D eigenvalue weighted by Gasteiger charge is -2.13. The maximum Gasteiger partial charge on any atom is 0.135 e. The molecule has 1 nitrogen and oxygen atoms in total. The Morgan fingerprint density at radius 3 is 1.48 bits per heavy atom. The van der Waals surface area contributed by atoms with E-state index in [0.29, 0.717) is 0 Å². The van der Waals surface area contributed by atoms with Crippen LogP contribution < -0.4 is 4.74 Å². The third-order valence-electron chi connectivity index (χ3n) is 2.70. The quantitative estimate of drug-likeness (QED) is 0.389. The van der Waals surface area contributed by atoms with Crippen molar-refractivity contribution in [2.24, 2.45) is 0 Å². The van der Waals surface area contributed by atoms with Crippen LogP contribution in [0.2, 0.25) is 0 Å². The van der Waals surface area contributed by atoms with E-state index in [-0.39, 0.29) is 0 Å². The second-order valence-electron chi connectivity index (χ2n) is 4.01. The SMILES string of the molecule is Br/C=C(\Br)c1ccccc1Oc1ccccc1/C(Br)=C/Br. The lowest BCUT2D eigenvalue weighted by atomic mass is 10.2. The van der Waals surface area contributed by atoms with Gasteiger partial charge in [-0.05, 0) is 54.0 Å². The van der Waals surface area contributed by atoms with Gasteiger partial charge in [0.25, 0.3) is 0 Å². The molecule has 0 bridgehead atoms. The van der Waals surface area contributed by atoms with Gasteiger partial charge < -0.3 is 4.74 Å². The van der Waals surface area contributed by atoms with Crippen molar-refractivity contribution in [2.75, 3.05) is 0 Å². The van der Waals surface area contributed by atoms with Gasteiger partial charge in [0.15, 0.2) is 0 Å². The molecule has 0 saturated carbocycles. The maximum atomic E-state index is 6.10. The Balaban J connectivity index is 2.45. The molecule has 0 aliphatic heterocycles. The van der Waals surface area contributed by atoms with Crippen LogP contribution in [-0.4, -0.2) is 0 Å². The zero-order chi connectivity index (χ0) is 15.2. The highest BCUT2D eigenvalue weighted by Crippen LogP contribution is 2.37. The highest BCUT2D eigenvalue weighted by molar-refractivity contribution is 9.16. The first kappa shape index (κ1) is 17.0. The summed E-state index contributed by atoms with van der Waals surface area (Å²) in [6.45, 7) is 0. The molecule has 2 aromatic carbocycles. The van der Waals surface area contributed by atoms with Crippen molar-refractivity contribution >= 4 is 72.7 Å². The summed E-state index contributed by atoms with van der Waals surface area (Å²) >= 11 is 13.7. The number of hydrogen-bond donors (Lipinski definition) is 0. The third-order valence-corrected chi connectivity index (χ3v) is 6.16. The minimum Gasteiger partial charge on any atom is -0.456 e. The van der Waals surface area contributed by atoms with Crippen molar-refractivity contribution in [1.82, 2.24) is 0 Å². The predicted octanol–water partition coefficient (Wildman–Crippen LogP) is 7.66. The molecular formula is C16H10Br4O. The lowest BCUT2D eigenvalue weighted by molar-refractivity contribution is 0.480. The molecule has 108 valence electrons. The molecule has 0 aliphatic rings. The van der Waals surface area contributed by atoms with E-state index in [2.05, 4.69) is 63.7 Å². The van der Waals surface area contributed by atoms with Crippen molar-refractivity contribution in [3.05, 3.63) is 69.6 Å². The number of para-hydroxylation sites is 2. The van der Waals surface area contributed by atoms with Crippen molar-refractivity contribution < 1.29 is 4.74 Å². The zero-order valence-electron chi connectivity index (χ0n) is 10.7. The Morgan fingerprint density at radius 2 is 1.10 bits per heavy atom. The standard InChI is InChI=1S/C16H10Br4O/c17-9-13(19)11-5-1-3-7-15(11)21-16-8-4-2-6-12(16)14(20)10-18/h1-10H/b13-9-,14-10-. The number of halogens is 4. The van der Waals surface area contributed by atoms with E-state index in [1.807, 2.05) is 58.5 Å². The minimum atomic E-state index is 0.780. The van der Waals surface area contributed by atoms with Gasteiger partial charge in [0.1, 0.15) is 11.5 Å². The van der Waals surface area contributed by atoms with Crippen LogP contribution in [0, 0.1) is 0 Å². The zero-order valence-corrected chi connectivity index (χ0v) is 17.0. The first-order valence-electron chi connectivity index (χ1n) is 5.95. The summed E-state index contributed by atoms with van der Waals surface area (Å²) in [4.78, 5) is 3.63. The van der Waals surface area contributed by atoms with Gasteiger partial charge in [-0.25, -0.2) is 0 Å². The van der Waals surface area contributed by atoms with Gasteiger partial charge in [-0.3, -0.25) is 0 Å². The van der Waals surface area contributed by atoms with Gasteiger partial charge in [-0.2, -0.15) is 0 Å². The van der Waals surface area contributed by atoms with Gasteiger partial charge in [0.05, 0.1) is 0 Å². The topological polar surface area (TPSA) is 9.23 Å². The average molecular weight is 538 g/mol. The van der Waals surface area contributed by atoms with Crippen LogP contribution in [-0.2, 0) is 0 Å². The molecule has 0 N–H and O–H groups in total. The Labute approximate surface area is 157 Å². The van der Waals surface area contributed by atoms with Crippen LogP contribution in [0.1, 0.15) is 11.1 Å². The summed E-state index contributed by atoms with van der Waals surface area (Å²) in [7, 11) is 0. The predicted molar refractivity (Wildman–Crippen MR) is 105 cm³/mol. The average Bonchev–Trinajstić information content (AvgIpc) is 2.54. The van der Waals surface area contributed by atoms with Crippen LogP contribution >= 0.6 is 63.7 Å². The molecule has 0 aliphatic carbocycles. The Bertz CT molecular complexity index is 633. The Morgan fingerprint density at radius 1 is 0.714 bits per heavy atom. The Kier molecular flexibility index (Phi) is 6.74. The van der Waals surface area contributed by atoms with Gasteiger partial charge in [0.2, 0.25) is 0 Å². The second-order valence-corrected chi connectivity index (χ2v) is 6.63. The molecule has 5 heteroatoms. The maximum absolute atomic E-state index is 6.10. The molecule has 21 heavy (non-hydrogen) atoms. The molecule has 2 aromatic rings. The van der Waals surface area contributed by atoms with Crippen LogP contribution in [0.15, 0.2) is 58.5 Å². The molecular weight excluding hydrogens is 528 g/mol. The highest BCUT2D eigenvalue weighted by atomic mass is 79.9. The van der Waals surface area contributed by atoms with Crippen LogP contribution in [0.3, 0.4) is 0 Å². The molecule has 0 fully saturated rings. The van der Waals surface area contributed by atoms with Crippen molar-refractivity contribution in [3.63, 3.8) is 0 Å². The summed E-state index contributed by atoms with van der Waals surface area (Å²) in [6, 6.07) is 15.7. The van der Waals surface area contributed by atoms with Gasteiger partial charge in [-0.1, -0.05) is 68.3 Å². The fourth-order valence-corrected chi connectivity index (χ4v) is 2.89. The number of hydrogen-bond acceptors (Lipinski definition) is 1. The summed E-state index contributed by atoms with van der Waals surface area (Å²) in [6.07, 6.45) is 0. The molecule has 0 radical (unpaired) electrons. The molecule has 0 amide bonds. The molecule has 0 spiro atoms. The first-order valence-corrected chi connectivity index (χ1v) is 9.37. The normalized spacial score (nSPS) is 12.4. The second kappa shape index (κ2) is 8.32. The van der Waals surface area contributed by atoms with E-state index < -0.39 is 0 Å². The van der Waals surface area contributed by atoms with E-state index in [1.165, 1.54) is 0 Å². The van der Waals surface area contributed by atoms with Crippen LogP contribution in [0.5, 0.6) is 11.5 Å². The smallest absolute Gasteiger partial charge is 0.135 e. The number of benzene rings is 2. The van der Waals surface area contributed by atoms with Crippen molar-refractivity contribution in [3.8, 4) is 11.5 Å². The monoisotopic (exact) mass is 534 g/mol. The number of rotatable bonds is 4. The highest BCUT2D eigenvalue weighted by Gasteiger charge is 2.11. The van der Waals surface area contributed by atoms with E-state index in [1.54, 1.807) is 0 Å². The van der Waals surface area contributed by atoms with Gasteiger partial charge in [0, 0.05) is 20.1 Å². The fraction of sp³-hybridized carbons (Fsp3) is 0. The number of ether oxygens (including phenoxy) is 1. The van der Waals surface area contributed by atoms with Crippen LogP contribution in [0.4, 0.5) is 0 Å². The van der Waals surface area contributed by atoms with Crippen molar-refractivity contribution in [2.45, 2.75) is 0 Å². The van der Waals surface area contributed by atoms with Gasteiger partial charge >= 0.3 is 0 Å². The Hall–Kier alpha value is -0.360. The van der Waals surface area contributed by atoms with Crippen molar-refractivity contribution in [1.29, 1.82) is 0 Å². The first-order chi connectivity index (χ1) is 10.2. The summed E-state index contributed by atoms with van der Waals surface area (Å²) in [5.74, 6) is 1.56. The van der Waals surface area contributed by atoms with E-state index in [4.69, 9.17) is 4.74 Å². The summed E-state index contributed by atoms with van der Waals surface area (Å²) in [5.41, 5.74) is 1.95. The van der Waals surface area contributed by atoms with E-state index >= 15 is 0 Å². The molecule has 0 heterocycles. The fourth-order valence-electron chi connectivity index (χ4n) is 1.74. The van der Waals surface area contributed by atoms with E-state index in [0.717, 1.165) is 31.6 Å². The third kappa shape index (κ3) is 4.31.